The predicted molar refractivity (Wildman–Crippen MR) is 53.6 cm³/mol. The zero-order chi connectivity index (χ0) is 10.3. The molecule has 0 aromatic carbocycles. The Hall–Kier alpha value is -0.570. The van der Waals surface area contributed by atoms with Crippen molar-refractivity contribution in [3.05, 3.63) is 0 Å². The van der Waals surface area contributed by atoms with Gasteiger partial charge in [0.1, 0.15) is 6.04 Å². The third kappa shape index (κ3) is 4.88. The second-order valence-corrected chi connectivity index (χ2v) is 3.55. The quantitative estimate of drug-likeness (QED) is 0.507. The van der Waals surface area contributed by atoms with Crippen molar-refractivity contribution in [1.29, 1.82) is 0 Å². The molecule has 0 radical (unpaired) electrons. The Balaban J connectivity index is 3.88. The lowest BCUT2D eigenvalue weighted by atomic mass is 10.0. The Morgan fingerprint density at radius 1 is 1.46 bits per heavy atom. The summed E-state index contributed by atoms with van der Waals surface area (Å²) in [5, 5.41) is 3.20. The molecular formula is C10H21NO2. The van der Waals surface area contributed by atoms with E-state index in [1.54, 1.807) is 0 Å². The number of unbranched alkanes of at least 4 members (excludes halogenated alkanes) is 1. The molecule has 0 fully saturated rings. The first-order valence-corrected chi connectivity index (χ1v) is 4.94. The molecule has 0 heterocycles. The van der Waals surface area contributed by atoms with Gasteiger partial charge in [0.05, 0.1) is 7.11 Å². The maximum Gasteiger partial charge on any atom is 0.323 e. The van der Waals surface area contributed by atoms with Crippen molar-refractivity contribution in [2.24, 2.45) is 5.92 Å². The van der Waals surface area contributed by atoms with Gasteiger partial charge in [0.2, 0.25) is 0 Å². The molecule has 0 spiro atoms. The molecule has 0 amide bonds. The van der Waals surface area contributed by atoms with Gasteiger partial charge in [0.15, 0.2) is 0 Å². The van der Waals surface area contributed by atoms with E-state index >= 15 is 0 Å². The molecule has 1 atom stereocenters. The molecule has 0 aromatic heterocycles. The summed E-state index contributed by atoms with van der Waals surface area (Å²) in [6, 6.07) is -0.156. The number of carbonyl (C=O) groups is 1. The Kier molecular flexibility index (Phi) is 6.59. The highest BCUT2D eigenvalue weighted by Crippen LogP contribution is 2.03. The first-order valence-electron chi connectivity index (χ1n) is 4.94. The molecule has 0 aliphatic carbocycles. The van der Waals surface area contributed by atoms with E-state index in [0.717, 1.165) is 19.4 Å². The SMILES string of the molecule is CCCCNC(C(=O)OC)C(C)C. The zero-order valence-corrected chi connectivity index (χ0v) is 9.09. The Labute approximate surface area is 80.8 Å². The summed E-state index contributed by atoms with van der Waals surface area (Å²) in [5.41, 5.74) is 0. The molecule has 13 heavy (non-hydrogen) atoms. The Morgan fingerprint density at radius 3 is 2.46 bits per heavy atom. The fourth-order valence-electron chi connectivity index (χ4n) is 1.15. The number of hydrogen-bond acceptors (Lipinski definition) is 3. The minimum atomic E-state index is -0.161. The molecule has 0 saturated heterocycles. The van der Waals surface area contributed by atoms with Gasteiger partial charge >= 0.3 is 5.97 Å². The van der Waals surface area contributed by atoms with Gasteiger partial charge in [0, 0.05) is 0 Å². The maximum atomic E-state index is 11.3. The number of rotatable bonds is 6. The average Bonchev–Trinajstić information content (AvgIpc) is 2.11. The van der Waals surface area contributed by atoms with Gasteiger partial charge in [0.25, 0.3) is 0 Å². The summed E-state index contributed by atoms with van der Waals surface area (Å²) < 4.78 is 4.70. The monoisotopic (exact) mass is 187 g/mol. The second kappa shape index (κ2) is 6.89. The van der Waals surface area contributed by atoms with Crippen LogP contribution in [0.2, 0.25) is 0 Å². The number of ether oxygens (including phenoxy) is 1. The van der Waals surface area contributed by atoms with Gasteiger partial charge in [-0.2, -0.15) is 0 Å². The second-order valence-electron chi connectivity index (χ2n) is 3.55. The smallest absolute Gasteiger partial charge is 0.323 e. The van der Waals surface area contributed by atoms with E-state index in [4.69, 9.17) is 4.74 Å². The van der Waals surface area contributed by atoms with Gasteiger partial charge < -0.3 is 10.1 Å². The highest BCUT2D eigenvalue weighted by Gasteiger charge is 2.21. The Morgan fingerprint density at radius 2 is 2.08 bits per heavy atom. The van der Waals surface area contributed by atoms with Crippen molar-refractivity contribution in [1.82, 2.24) is 5.32 Å². The van der Waals surface area contributed by atoms with Gasteiger partial charge in [-0.3, -0.25) is 4.79 Å². The van der Waals surface area contributed by atoms with E-state index < -0.39 is 0 Å². The lowest BCUT2D eigenvalue weighted by Gasteiger charge is -2.19. The molecule has 0 aromatic rings. The minimum absolute atomic E-state index is 0.156. The van der Waals surface area contributed by atoms with Crippen LogP contribution in [0, 0.1) is 5.92 Å². The van der Waals surface area contributed by atoms with E-state index in [9.17, 15) is 4.79 Å². The van der Waals surface area contributed by atoms with Crippen molar-refractivity contribution >= 4 is 5.97 Å². The minimum Gasteiger partial charge on any atom is -0.468 e. The van der Waals surface area contributed by atoms with Crippen LogP contribution in [0.4, 0.5) is 0 Å². The van der Waals surface area contributed by atoms with Gasteiger partial charge in [-0.15, -0.1) is 0 Å². The van der Waals surface area contributed by atoms with Crippen molar-refractivity contribution in [2.45, 2.75) is 39.7 Å². The van der Waals surface area contributed by atoms with E-state index in [-0.39, 0.29) is 17.9 Å². The molecule has 1 N–H and O–H groups in total. The van der Waals surface area contributed by atoms with Crippen LogP contribution < -0.4 is 5.32 Å². The molecule has 0 aliphatic heterocycles. The normalized spacial score (nSPS) is 13.0. The van der Waals surface area contributed by atoms with Crippen LogP contribution in [0.25, 0.3) is 0 Å². The summed E-state index contributed by atoms with van der Waals surface area (Å²) in [7, 11) is 1.43. The zero-order valence-electron chi connectivity index (χ0n) is 9.09. The van der Waals surface area contributed by atoms with Crippen LogP contribution >= 0.6 is 0 Å². The number of hydrogen-bond donors (Lipinski definition) is 1. The van der Waals surface area contributed by atoms with Crippen LogP contribution in [0.5, 0.6) is 0 Å². The number of methoxy groups -OCH3 is 1. The van der Waals surface area contributed by atoms with Crippen molar-refractivity contribution in [3.63, 3.8) is 0 Å². The van der Waals surface area contributed by atoms with Gasteiger partial charge in [-0.1, -0.05) is 27.2 Å². The van der Waals surface area contributed by atoms with Crippen LogP contribution in [0.3, 0.4) is 0 Å². The van der Waals surface area contributed by atoms with E-state index in [1.165, 1.54) is 7.11 Å². The standard InChI is InChI=1S/C10H21NO2/c1-5-6-7-11-9(8(2)3)10(12)13-4/h8-9,11H,5-7H2,1-4H3. The lowest BCUT2D eigenvalue weighted by molar-refractivity contribution is -0.144. The first kappa shape index (κ1) is 12.4. The van der Waals surface area contributed by atoms with Crippen molar-refractivity contribution in [2.75, 3.05) is 13.7 Å². The van der Waals surface area contributed by atoms with Crippen molar-refractivity contribution < 1.29 is 9.53 Å². The van der Waals surface area contributed by atoms with E-state index in [1.807, 2.05) is 13.8 Å². The molecular weight excluding hydrogens is 166 g/mol. The molecule has 3 nitrogen and oxygen atoms in total. The van der Waals surface area contributed by atoms with Gasteiger partial charge in [-0.05, 0) is 18.9 Å². The molecule has 78 valence electrons. The Bertz CT molecular complexity index is 146. The largest absolute Gasteiger partial charge is 0.468 e. The summed E-state index contributed by atoms with van der Waals surface area (Å²) in [6.07, 6.45) is 2.24. The summed E-state index contributed by atoms with van der Waals surface area (Å²) in [5.74, 6) is 0.121. The number of esters is 1. The van der Waals surface area contributed by atoms with E-state index in [2.05, 4.69) is 12.2 Å². The molecule has 3 heteroatoms. The van der Waals surface area contributed by atoms with Crippen LogP contribution in [-0.4, -0.2) is 25.7 Å². The van der Waals surface area contributed by atoms with E-state index in [0.29, 0.717) is 0 Å². The summed E-state index contributed by atoms with van der Waals surface area (Å²) in [4.78, 5) is 11.3. The van der Waals surface area contributed by atoms with Gasteiger partial charge in [-0.25, -0.2) is 0 Å². The number of carbonyl (C=O) groups excluding carboxylic acids is 1. The van der Waals surface area contributed by atoms with Crippen LogP contribution in [0.15, 0.2) is 0 Å². The highest BCUT2D eigenvalue weighted by atomic mass is 16.5. The molecule has 1 unspecified atom stereocenters. The molecule has 0 saturated carbocycles. The highest BCUT2D eigenvalue weighted by molar-refractivity contribution is 5.75. The van der Waals surface area contributed by atoms with Crippen LogP contribution in [-0.2, 0) is 9.53 Å². The first-order chi connectivity index (χ1) is 6.13. The summed E-state index contributed by atoms with van der Waals surface area (Å²) >= 11 is 0. The lowest BCUT2D eigenvalue weighted by Crippen LogP contribution is -2.42. The summed E-state index contributed by atoms with van der Waals surface area (Å²) in [6.45, 7) is 7.04. The molecule has 0 rings (SSSR count). The molecule has 0 bridgehead atoms. The number of nitrogens with one attached hydrogen (secondary N) is 1. The topological polar surface area (TPSA) is 38.3 Å². The molecule has 0 aliphatic rings. The maximum absolute atomic E-state index is 11.3. The fourth-order valence-corrected chi connectivity index (χ4v) is 1.15. The van der Waals surface area contributed by atoms with Crippen molar-refractivity contribution in [3.8, 4) is 0 Å². The predicted octanol–water partition coefficient (Wildman–Crippen LogP) is 1.57. The third-order valence-electron chi connectivity index (χ3n) is 2.02. The third-order valence-corrected chi connectivity index (χ3v) is 2.02. The fraction of sp³-hybridized carbons (Fsp3) is 0.900. The average molecular weight is 187 g/mol. The van der Waals surface area contributed by atoms with Crippen LogP contribution in [0.1, 0.15) is 33.6 Å².